The Labute approximate surface area is 113 Å². The summed E-state index contributed by atoms with van der Waals surface area (Å²) in [5.74, 6) is -0.883. The van der Waals surface area contributed by atoms with Gasteiger partial charge in [-0.1, -0.05) is 0 Å². The Balaban J connectivity index is 1.61. The van der Waals surface area contributed by atoms with Gasteiger partial charge in [0.2, 0.25) is 5.76 Å². The highest BCUT2D eigenvalue weighted by Gasteiger charge is 2.39. The van der Waals surface area contributed by atoms with Gasteiger partial charge in [-0.25, -0.2) is 0 Å². The average Bonchev–Trinajstić information content (AvgIpc) is 3.01. The molecular formula is C13H15F3N2O2. The zero-order valence-electron chi connectivity index (χ0n) is 10.7. The van der Waals surface area contributed by atoms with Gasteiger partial charge in [-0.3, -0.25) is 4.79 Å². The number of carbonyl (C=O) groups is 1. The van der Waals surface area contributed by atoms with Crippen LogP contribution in [0.5, 0.6) is 0 Å². The van der Waals surface area contributed by atoms with Gasteiger partial charge in [-0.2, -0.15) is 13.2 Å². The predicted octanol–water partition coefficient (Wildman–Crippen LogP) is 2.03. The summed E-state index contributed by atoms with van der Waals surface area (Å²) in [6.07, 6.45) is -2.82. The van der Waals surface area contributed by atoms with E-state index in [-0.39, 0.29) is 11.8 Å². The van der Waals surface area contributed by atoms with Crippen LogP contribution in [-0.4, -0.2) is 25.0 Å². The van der Waals surface area contributed by atoms with E-state index in [1.54, 1.807) is 0 Å². The van der Waals surface area contributed by atoms with Crippen LogP contribution >= 0.6 is 0 Å². The van der Waals surface area contributed by atoms with Crippen LogP contribution in [0.25, 0.3) is 0 Å². The van der Waals surface area contributed by atoms with E-state index in [1.165, 1.54) is 0 Å². The Morgan fingerprint density at radius 2 is 1.90 bits per heavy atom. The second kappa shape index (κ2) is 4.80. The van der Waals surface area contributed by atoms with Crippen molar-refractivity contribution < 1.29 is 22.4 Å². The minimum Gasteiger partial charge on any atom is -0.446 e. The fourth-order valence-electron chi connectivity index (χ4n) is 3.15. The van der Waals surface area contributed by atoms with E-state index in [1.807, 2.05) is 0 Å². The average molecular weight is 288 g/mol. The van der Waals surface area contributed by atoms with Gasteiger partial charge in [0.05, 0.1) is 0 Å². The van der Waals surface area contributed by atoms with E-state index in [2.05, 4.69) is 15.1 Å². The van der Waals surface area contributed by atoms with E-state index in [4.69, 9.17) is 0 Å². The Morgan fingerprint density at radius 1 is 1.25 bits per heavy atom. The van der Waals surface area contributed by atoms with E-state index in [0.29, 0.717) is 11.8 Å². The second-order valence-corrected chi connectivity index (χ2v) is 5.48. The molecule has 0 spiro atoms. The standard InChI is InChI=1S/C13H15F3N2O2/c14-13(15,16)11-2-1-10(20-11)12(19)18-9-3-7-5-17-6-8(7)4-9/h1-2,7-9,17H,3-6H2,(H,18,19). The molecule has 1 aromatic heterocycles. The number of carbonyl (C=O) groups excluding carboxylic acids is 1. The van der Waals surface area contributed by atoms with Crippen LogP contribution in [0.1, 0.15) is 29.2 Å². The summed E-state index contributed by atoms with van der Waals surface area (Å²) in [6, 6.07) is 1.87. The lowest BCUT2D eigenvalue weighted by molar-refractivity contribution is -0.153. The first-order valence-electron chi connectivity index (χ1n) is 6.62. The quantitative estimate of drug-likeness (QED) is 0.875. The molecule has 2 fully saturated rings. The van der Waals surface area contributed by atoms with E-state index in [0.717, 1.165) is 38.1 Å². The lowest BCUT2D eigenvalue weighted by Crippen LogP contribution is -2.34. The van der Waals surface area contributed by atoms with Gasteiger partial charge in [-0.15, -0.1) is 0 Å². The summed E-state index contributed by atoms with van der Waals surface area (Å²) in [5.41, 5.74) is 0. The maximum absolute atomic E-state index is 12.4. The van der Waals surface area contributed by atoms with Crippen LogP contribution in [0.3, 0.4) is 0 Å². The largest absolute Gasteiger partial charge is 0.449 e. The number of rotatable bonds is 2. The molecule has 0 bridgehead atoms. The number of furan rings is 1. The van der Waals surface area contributed by atoms with Crippen molar-refractivity contribution in [2.24, 2.45) is 11.8 Å². The van der Waals surface area contributed by atoms with Crippen molar-refractivity contribution in [2.45, 2.75) is 25.1 Å². The molecule has 7 heteroatoms. The number of hydrogen-bond donors (Lipinski definition) is 2. The number of amides is 1. The molecule has 1 aliphatic carbocycles. The van der Waals surface area contributed by atoms with E-state index < -0.39 is 17.8 Å². The molecule has 1 aliphatic heterocycles. The highest BCUT2D eigenvalue weighted by atomic mass is 19.4. The van der Waals surface area contributed by atoms with Gasteiger partial charge in [-0.05, 0) is 49.9 Å². The van der Waals surface area contributed by atoms with Crippen LogP contribution in [0, 0.1) is 11.8 Å². The van der Waals surface area contributed by atoms with Crippen molar-refractivity contribution in [3.05, 3.63) is 23.7 Å². The first kappa shape index (κ1) is 13.5. The first-order chi connectivity index (χ1) is 9.43. The van der Waals surface area contributed by atoms with Crippen LogP contribution in [0.2, 0.25) is 0 Å². The van der Waals surface area contributed by atoms with Gasteiger partial charge >= 0.3 is 6.18 Å². The molecule has 3 rings (SSSR count). The van der Waals surface area contributed by atoms with Crippen LogP contribution in [-0.2, 0) is 6.18 Å². The fourth-order valence-corrected chi connectivity index (χ4v) is 3.15. The highest BCUT2D eigenvalue weighted by molar-refractivity contribution is 5.91. The van der Waals surface area contributed by atoms with Crippen molar-refractivity contribution in [1.29, 1.82) is 0 Å². The van der Waals surface area contributed by atoms with Gasteiger partial charge in [0.15, 0.2) is 5.76 Å². The molecule has 2 aliphatic rings. The lowest BCUT2D eigenvalue weighted by Gasteiger charge is -2.12. The van der Waals surface area contributed by atoms with E-state index >= 15 is 0 Å². The van der Waals surface area contributed by atoms with Gasteiger partial charge in [0.25, 0.3) is 5.91 Å². The molecule has 4 nitrogen and oxygen atoms in total. The third-order valence-electron chi connectivity index (χ3n) is 4.10. The van der Waals surface area contributed by atoms with Crippen molar-refractivity contribution in [3.8, 4) is 0 Å². The Hall–Kier alpha value is -1.50. The van der Waals surface area contributed by atoms with Crippen molar-refractivity contribution in [3.63, 3.8) is 0 Å². The Bertz CT molecular complexity index is 500. The molecule has 2 atom stereocenters. The zero-order chi connectivity index (χ0) is 14.3. The van der Waals surface area contributed by atoms with Gasteiger partial charge in [0, 0.05) is 6.04 Å². The van der Waals surface area contributed by atoms with Gasteiger partial charge < -0.3 is 15.1 Å². The summed E-state index contributed by atoms with van der Waals surface area (Å²) in [6.45, 7) is 1.91. The molecule has 20 heavy (non-hydrogen) atoms. The smallest absolute Gasteiger partial charge is 0.446 e. The predicted molar refractivity (Wildman–Crippen MR) is 64.0 cm³/mol. The summed E-state index contributed by atoms with van der Waals surface area (Å²) in [7, 11) is 0. The number of fused-ring (bicyclic) bond motifs is 1. The number of hydrogen-bond acceptors (Lipinski definition) is 3. The minimum atomic E-state index is -4.56. The third kappa shape index (κ3) is 2.54. The molecule has 1 aromatic rings. The summed E-state index contributed by atoms with van der Waals surface area (Å²) < 4.78 is 41.7. The number of nitrogens with one attached hydrogen (secondary N) is 2. The summed E-state index contributed by atoms with van der Waals surface area (Å²) in [5, 5.41) is 6.05. The molecule has 1 saturated heterocycles. The first-order valence-corrected chi connectivity index (χ1v) is 6.62. The molecule has 1 saturated carbocycles. The zero-order valence-corrected chi connectivity index (χ0v) is 10.7. The van der Waals surface area contributed by atoms with Crippen molar-refractivity contribution >= 4 is 5.91 Å². The minimum absolute atomic E-state index is 0.0269. The van der Waals surface area contributed by atoms with Crippen LogP contribution < -0.4 is 10.6 Å². The summed E-state index contributed by atoms with van der Waals surface area (Å²) >= 11 is 0. The molecular weight excluding hydrogens is 273 g/mol. The maximum Gasteiger partial charge on any atom is 0.449 e. The number of alkyl halides is 3. The molecule has 0 aromatic carbocycles. The summed E-state index contributed by atoms with van der Waals surface area (Å²) in [4.78, 5) is 11.9. The molecule has 0 radical (unpaired) electrons. The molecule has 1 amide bonds. The Kier molecular flexibility index (Phi) is 3.24. The molecule has 2 heterocycles. The van der Waals surface area contributed by atoms with Crippen molar-refractivity contribution in [2.75, 3.05) is 13.1 Å². The lowest BCUT2D eigenvalue weighted by atomic mass is 10.0. The fraction of sp³-hybridized carbons (Fsp3) is 0.615. The monoisotopic (exact) mass is 288 g/mol. The third-order valence-corrected chi connectivity index (χ3v) is 4.10. The molecule has 2 unspecified atom stereocenters. The maximum atomic E-state index is 12.4. The topological polar surface area (TPSA) is 54.3 Å². The van der Waals surface area contributed by atoms with Crippen LogP contribution in [0.15, 0.2) is 16.5 Å². The van der Waals surface area contributed by atoms with Gasteiger partial charge in [0.1, 0.15) is 0 Å². The second-order valence-electron chi connectivity index (χ2n) is 5.48. The highest BCUT2D eigenvalue weighted by Crippen LogP contribution is 2.35. The van der Waals surface area contributed by atoms with Crippen molar-refractivity contribution in [1.82, 2.24) is 10.6 Å². The van der Waals surface area contributed by atoms with Crippen LogP contribution in [0.4, 0.5) is 13.2 Å². The SMILES string of the molecule is O=C(NC1CC2CNCC2C1)c1ccc(C(F)(F)F)o1. The number of halogens is 3. The Morgan fingerprint density at radius 3 is 2.45 bits per heavy atom. The van der Waals surface area contributed by atoms with E-state index in [9.17, 15) is 18.0 Å². The molecule has 2 N–H and O–H groups in total. The normalized spacial score (nSPS) is 29.4. The molecule has 110 valence electrons.